The zero-order chi connectivity index (χ0) is 22.5. The minimum atomic E-state index is -0.399. The summed E-state index contributed by atoms with van der Waals surface area (Å²) in [7, 11) is 0. The van der Waals surface area contributed by atoms with Crippen molar-refractivity contribution in [1.29, 1.82) is 0 Å². The van der Waals surface area contributed by atoms with E-state index in [1.165, 1.54) is 0 Å². The Morgan fingerprint density at radius 3 is 1.80 bits per heavy atom. The molecule has 0 aliphatic heterocycles. The van der Waals surface area contributed by atoms with Crippen molar-refractivity contribution < 1.29 is 14.3 Å². The van der Waals surface area contributed by atoms with Gasteiger partial charge in [0, 0.05) is 28.1 Å². The fourth-order valence-electron chi connectivity index (χ4n) is 3.28. The smallest absolute Gasteiger partial charge is 0.338 e. The van der Waals surface area contributed by atoms with Gasteiger partial charge in [-0.15, -0.1) is 0 Å². The van der Waals surface area contributed by atoms with Crippen LogP contribution in [0, 0.1) is 17.3 Å². The molecule has 2 atom stereocenters. The molecule has 0 saturated carbocycles. The maximum Gasteiger partial charge on any atom is 0.338 e. The fraction of sp³-hybridized carbons (Fsp3) is 0.417. The van der Waals surface area contributed by atoms with E-state index in [0.717, 1.165) is 0 Å². The van der Waals surface area contributed by atoms with Gasteiger partial charge in [0.05, 0.1) is 5.56 Å². The molecule has 1 N–H and O–H groups in total. The molecule has 0 bridgehead atoms. The number of ether oxygens (including phenoxy) is 1. The summed E-state index contributed by atoms with van der Waals surface area (Å²) in [6, 6.07) is 13.4. The number of benzene rings is 2. The summed E-state index contributed by atoms with van der Waals surface area (Å²) in [6.07, 6.45) is -0.376. The molecule has 0 fully saturated rings. The topological polar surface area (TPSA) is 55.4 Å². The number of hydrogen-bond donors (Lipinski definition) is 1. The molecule has 4 nitrogen and oxygen atoms in total. The Balaban J connectivity index is 2.16. The predicted octanol–water partition coefficient (Wildman–Crippen LogP) is 6.27. The Hall–Kier alpha value is -2.04. The van der Waals surface area contributed by atoms with Crippen LogP contribution >= 0.6 is 23.2 Å². The van der Waals surface area contributed by atoms with E-state index in [1.807, 2.05) is 13.8 Å². The van der Waals surface area contributed by atoms with Gasteiger partial charge in [-0.3, -0.25) is 4.79 Å². The number of carbonyl (C=O) groups is 2. The number of halogens is 2. The monoisotopic (exact) mass is 449 g/mol. The molecule has 0 radical (unpaired) electrons. The van der Waals surface area contributed by atoms with Crippen molar-refractivity contribution in [3.8, 4) is 0 Å². The van der Waals surface area contributed by atoms with Crippen LogP contribution in [0.2, 0.25) is 10.0 Å². The summed E-state index contributed by atoms with van der Waals surface area (Å²) < 4.78 is 5.93. The van der Waals surface area contributed by atoms with Gasteiger partial charge in [-0.1, -0.05) is 57.8 Å². The van der Waals surface area contributed by atoms with Crippen LogP contribution in [-0.4, -0.2) is 24.5 Å². The normalized spacial score (nSPS) is 13.6. The highest BCUT2D eigenvalue weighted by Gasteiger charge is 2.37. The summed E-state index contributed by atoms with van der Waals surface area (Å²) in [5.41, 5.74) is 0.775. The zero-order valence-electron chi connectivity index (χ0n) is 18.0. The van der Waals surface area contributed by atoms with Gasteiger partial charge in [0.15, 0.2) is 0 Å². The van der Waals surface area contributed by atoms with E-state index < -0.39 is 5.97 Å². The third-order valence-corrected chi connectivity index (χ3v) is 5.58. The van der Waals surface area contributed by atoms with Crippen LogP contribution in [0.4, 0.5) is 0 Å². The standard InChI is InChI=1S/C24H29Cl2NO3/c1-15(2)21(30-23(29)17-8-12-19(26)13-9-17)20(24(3,4)5)14-27-22(28)16-6-10-18(25)11-7-16/h6-13,15,20-21H,14H2,1-5H3,(H,27,28). The molecule has 6 heteroatoms. The van der Waals surface area contributed by atoms with E-state index in [9.17, 15) is 9.59 Å². The average molecular weight is 450 g/mol. The zero-order valence-corrected chi connectivity index (χ0v) is 19.6. The molecule has 162 valence electrons. The van der Waals surface area contributed by atoms with Crippen LogP contribution in [0.1, 0.15) is 55.3 Å². The quantitative estimate of drug-likeness (QED) is 0.506. The van der Waals surface area contributed by atoms with E-state index in [0.29, 0.717) is 27.7 Å². The van der Waals surface area contributed by atoms with Gasteiger partial charge < -0.3 is 10.1 Å². The molecule has 2 rings (SSSR count). The van der Waals surface area contributed by atoms with Crippen LogP contribution in [0.5, 0.6) is 0 Å². The number of nitrogens with one attached hydrogen (secondary N) is 1. The first kappa shape index (κ1) is 24.2. The fourth-order valence-corrected chi connectivity index (χ4v) is 3.53. The molecule has 0 aliphatic rings. The molecule has 2 aromatic carbocycles. The lowest BCUT2D eigenvalue weighted by atomic mass is 9.74. The Labute approximate surface area is 188 Å². The van der Waals surface area contributed by atoms with Crippen molar-refractivity contribution in [2.75, 3.05) is 6.54 Å². The van der Waals surface area contributed by atoms with Crippen molar-refractivity contribution in [2.24, 2.45) is 17.3 Å². The van der Waals surface area contributed by atoms with Crippen molar-refractivity contribution in [1.82, 2.24) is 5.32 Å². The lowest BCUT2D eigenvalue weighted by molar-refractivity contribution is -0.0261. The minimum Gasteiger partial charge on any atom is -0.458 e. The summed E-state index contributed by atoms with van der Waals surface area (Å²) in [6.45, 7) is 10.6. The lowest BCUT2D eigenvalue weighted by Crippen LogP contribution is -2.45. The third kappa shape index (κ3) is 6.75. The van der Waals surface area contributed by atoms with Gasteiger partial charge in [-0.2, -0.15) is 0 Å². The summed E-state index contributed by atoms with van der Waals surface area (Å²) in [4.78, 5) is 25.3. The van der Waals surface area contributed by atoms with Gasteiger partial charge in [0.25, 0.3) is 5.91 Å². The maximum absolute atomic E-state index is 12.7. The highest BCUT2D eigenvalue weighted by Crippen LogP contribution is 2.33. The van der Waals surface area contributed by atoms with E-state index in [2.05, 4.69) is 26.1 Å². The first-order chi connectivity index (χ1) is 14.0. The number of amides is 1. The first-order valence-electron chi connectivity index (χ1n) is 9.99. The number of rotatable bonds is 7. The molecule has 30 heavy (non-hydrogen) atoms. The molecule has 2 aromatic rings. The minimum absolute atomic E-state index is 0.0675. The van der Waals surface area contributed by atoms with E-state index >= 15 is 0 Å². The molecule has 0 aromatic heterocycles. The number of carbonyl (C=O) groups excluding carboxylic acids is 2. The SMILES string of the molecule is CC(C)C(OC(=O)c1ccc(Cl)cc1)C(CNC(=O)c1ccc(Cl)cc1)C(C)(C)C. The molecule has 0 aliphatic carbocycles. The van der Waals surface area contributed by atoms with Crippen molar-refractivity contribution in [3.63, 3.8) is 0 Å². The Morgan fingerprint density at radius 2 is 1.37 bits per heavy atom. The van der Waals surface area contributed by atoms with Gasteiger partial charge in [-0.25, -0.2) is 4.79 Å². The molecule has 0 saturated heterocycles. The second-order valence-electron chi connectivity index (χ2n) is 8.81. The van der Waals surface area contributed by atoms with E-state index in [1.54, 1.807) is 48.5 Å². The largest absolute Gasteiger partial charge is 0.458 e. The lowest BCUT2D eigenvalue weighted by Gasteiger charge is -2.38. The molecular weight excluding hydrogens is 421 g/mol. The van der Waals surface area contributed by atoms with Gasteiger partial charge in [0.2, 0.25) is 0 Å². The highest BCUT2D eigenvalue weighted by molar-refractivity contribution is 6.31. The Bertz CT molecular complexity index is 856. The molecule has 0 spiro atoms. The molecular formula is C24H29Cl2NO3. The maximum atomic E-state index is 12.7. The van der Waals surface area contributed by atoms with Crippen molar-refractivity contribution in [3.05, 3.63) is 69.7 Å². The summed E-state index contributed by atoms with van der Waals surface area (Å²) in [5, 5.41) is 4.13. The van der Waals surface area contributed by atoms with Crippen LogP contribution in [0.3, 0.4) is 0 Å². The average Bonchev–Trinajstić information content (AvgIpc) is 2.66. The number of hydrogen-bond acceptors (Lipinski definition) is 3. The van der Waals surface area contributed by atoms with Crippen LogP contribution in [-0.2, 0) is 4.74 Å². The molecule has 2 unspecified atom stereocenters. The van der Waals surface area contributed by atoms with Crippen molar-refractivity contribution >= 4 is 35.1 Å². The number of esters is 1. The first-order valence-corrected chi connectivity index (χ1v) is 10.7. The van der Waals surface area contributed by atoms with Gasteiger partial charge in [-0.05, 0) is 59.9 Å². The van der Waals surface area contributed by atoms with E-state index in [4.69, 9.17) is 27.9 Å². The Kier molecular flexibility index (Phi) is 8.34. The highest BCUT2D eigenvalue weighted by atomic mass is 35.5. The molecule has 0 heterocycles. The summed E-state index contributed by atoms with van der Waals surface area (Å²) >= 11 is 11.8. The van der Waals surface area contributed by atoms with E-state index in [-0.39, 0.29) is 29.3 Å². The predicted molar refractivity (Wildman–Crippen MR) is 122 cm³/mol. The van der Waals surface area contributed by atoms with Gasteiger partial charge >= 0.3 is 5.97 Å². The third-order valence-electron chi connectivity index (χ3n) is 5.08. The Morgan fingerprint density at radius 1 is 0.900 bits per heavy atom. The second-order valence-corrected chi connectivity index (χ2v) is 9.68. The van der Waals surface area contributed by atoms with Crippen LogP contribution in [0.25, 0.3) is 0 Å². The van der Waals surface area contributed by atoms with Crippen LogP contribution < -0.4 is 5.32 Å². The second kappa shape index (κ2) is 10.3. The van der Waals surface area contributed by atoms with Crippen LogP contribution in [0.15, 0.2) is 48.5 Å². The van der Waals surface area contributed by atoms with Crippen molar-refractivity contribution in [2.45, 2.75) is 40.7 Å². The van der Waals surface area contributed by atoms with Gasteiger partial charge in [0.1, 0.15) is 6.10 Å². The molecule has 1 amide bonds. The summed E-state index contributed by atoms with van der Waals surface area (Å²) in [5.74, 6) is -0.612.